The quantitative estimate of drug-likeness (QED) is 0.399. The van der Waals surface area contributed by atoms with E-state index in [2.05, 4.69) is 53.2 Å². The summed E-state index contributed by atoms with van der Waals surface area (Å²) in [5.74, 6) is 2.08. The van der Waals surface area contributed by atoms with E-state index in [0.717, 1.165) is 36.6 Å². The van der Waals surface area contributed by atoms with E-state index in [9.17, 15) is 10.2 Å². The molecular weight excluding hydrogens is 659 g/mol. The molecule has 0 bridgehead atoms. The van der Waals surface area contributed by atoms with Gasteiger partial charge < -0.3 is 10.2 Å². The Bertz CT molecular complexity index is 889. The van der Waals surface area contributed by atoms with Crippen LogP contribution in [0.5, 0.6) is 5.75 Å². The zero-order valence-corrected chi connectivity index (χ0v) is 23.9. The van der Waals surface area contributed by atoms with E-state index in [1.807, 2.05) is 23.9 Å². The number of hydrogen-bond donors (Lipinski definition) is 2. The Morgan fingerprint density at radius 2 is 1.83 bits per heavy atom. The molecule has 5 heteroatoms. The topological polar surface area (TPSA) is 40.5 Å². The summed E-state index contributed by atoms with van der Waals surface area (Å²) in [6, 6.07) is 14.6. The second kappa shape index (κ2) is 8.78. The van der Waals surface area contributed by atoms with Gasteiger partial charge in [0.05, 0.1) is 6.10 Å². The summed E-state index contributed by atoms with van der Waals surface area (Å²) in [6.45, 7) is 2.33. The predicted molar refractivity (Wildman–Crippen MR) is 118 cm³/mol. The van der Waals surface area contributed by atoms with Gasteiger partial charge in [-0.05, 0) is 103 Å². The van der Waals surface area contributed by atoms with E-state index in [4.69, 9.17) is 0 Å². The van der Waals surface area contributed by atoms with Crippen LogP contribution < -0.4 is 0 Å². The Morgan fingerprint density at radius 1 is 1.07 bits per heavy atom. The van der Waals surface area contributed by atoms with Gasteiger partial charge in [-0.2, -0.15) is 0 Å². The molecule has 0 heterocycles. The monoisotopic (exact) mass is 685 g/mol. The molecule has 151 valence electrons. The number of thioether (sulfide) groups is 1. The number of aliphatic hydroxyl groups is 1. The summed E-state index contributed by atoms with van der Waals surface area (Å²) >= 11 is 5.53. The van der Waals surface area contributed by atoms with Crippen LogP contribution in [0.15, 0.2) is 51.8 Å². The molecule has 1 radical (unpaired) electrons. The molecule has 6 unspecified atom stereocenters. The zero-order chi connectivity index (χ0) is 19.5. The van der Waals surface area contributed by atoms with E-state index in [1.54, 1.807) is 0 Å². The molecule has 2 N–H and O–H groups in total. The minimum atomic E-state index is -0.155. The van der Waals surface area contributed by atoms with E-state index in [-0.39, 0.29) is 55.6 Å². The largest absolute Gasteiger partial charge is 0.508 e. The molecule has 0 saturated heterocycles. The SMILES string of the molecule is CC12CCC3c4ccc(O)cc4CC(Sc4ccc(Br)cc4)C3C1CCC2O.[Ac]. The number of aromatic hydroxyl groups is 1. The first kappa shape index (κ1) is 22.7. The third-order valence-electron chi connectivity index (χ3n) is 7.76. The zero-order valence-electron chi connectivity index (χ0n) is 16.7. The van der Waals surface area contributed by atoms with Crippen molar-refractivity contribution in [2.75, 3.05) is 0 Å². The van der Waals surface area contributed by atoms with Gasteiger partial charge in [-0.3, -0.25) is 0 Å². The minimum Gasteiger partial charge on any atom is -0.508 e. The van der Waals surface area contributed by atoms with Crippen molar-refractivity contribution in [3.05, 3.63) is 58.1 Å². The Hall–Kier alpha value is 0.472. The Kier molecular flexibility index (Phi) is 6.86. The second-order valence-corrected chi connectivity index (χ2v) is 11.4. The summed E-state index contributed by atoms with van der Waals surface area (Å²) in [5, 5.41) is 21.3. The molecule has 2 aromatic carbocycles. The fourth-order valence-electron chi connectivity index (χ4n) is 6.34. The van der Waals surface area contributed by atoms with E-state index >= 15 is 0 Å². The minimum absolute atomic E-state index is 0. The van der Waals surface area contributed by atoms with Crippen LogP contribution in [0, 0.1) is 61.3 Å². The van der Waals surface area contributed by atoms with Crippen LogP contribution in [-0.4, -0.2) is 21.6 Å². The second-order valence-electron chi connectivity index (χ2n) is 9.13. The molecule has 2 saturated carbocycles. The van der Waals surface area contributed by atoms with Crippen molar-refractivity contribution < 1.29 is 54.3 Å². The maximum Gasteiger partial charge on any atom is 0.115 e. The molecule has 2 fully saturated rings. The van der Waals surface area contributed by atoms with Crippen molar-refractivity contribution in [1.29, 1.82) is 0 Å². The van der Waals surface area contributed by atoms with Crippen LogP contribution in [0.2, 0.25) is 0 Å². The standard InChI is InChI=1S/C24H27BrO2S.Ac/c1-24-11-10-19-18-7-4-16(26)12-14(18)13-21(23(19)20(24)8-9-22(24)27)28-17-5-2-15(25)3-6-17;/h2-7,12,19-23,26-27H,8-11,13H2,1H3;. The van der Waals surface area contributed by atoms with E-state index in [1.165, 1.54) is 16.0 Å². The van der Waals surface area contributed by atoms with Crippen molar-refractivity contribution >= 4 is 27.7 Å². The molecular formula is C24H27AcBrO2S. The van der Waals surface area contributed by atoms with Gasteiger partial charge >= 0.3 is 0 Å². The molecule has 3 aliphatic rings. The maximum atomic E-state index is 10.8. The summed E-state index contributed by atoms with van der Waals surface area (Å²) in [7, 11) is 0. The maximum absolute atomic E-state index is 10.8. The number of fused-ring (bicyclic) bond motifs is 5. The summed E-state index contributed by atoms with van der Waals surface area (Å²) in [4.78, 5) is 1.31. The van der Waals surface area contributed by atoms with Gasteiger partial charge in [-0.1, -0.05) is 28.9 Å². The number of rotatable bonds is 2. The van der Waals surface area contributed by atoms with Crippen molar-refractivity contribution in [3.63, 3.8) is 0 Å². The average Bonchev–Trinajstić information content (AvgIpc) is 2.98. The van der Waals surface area contributed by atoms with Gasteiger partial charge in [0.25, 0.3) is 0 Å². The van der Waals surface area contributed by atoms with Crippen LogP contribution in [0.3, 0.4) is 0 Å². The fraction of sp³-hybridized carbons (Fsp3) is 0.500. The summed E-state index contributed by atoms with van der Waals surface area (Å²) < 4.78 is 1.11. The Labute approximate surface area is 221 Å². The molecule has 2 aromatic rings. The first-order chi connectivity index (χ1) is 13.5. The average molecular weight is 686 g/mol. The van der Waals surface area contributed by atoms with Gasteiger partial charge in [-0.25, -0.2) is 0 Å². The van der Waals surface area contributed by atoms with Crippen molar-refractivity contribution in [3.8, 4) is 5.75 Å². The third-order valence-corrected chi connectivity index (χ3v) is 9.62. The van der Waals surface area contributed by atoms with Gasteiger partial charge in [0, 0.05) is 58.7 Å². The number of benzene rings is 2. The van der Waals surface area contributed by atoms with Gasteiger partial charge in [0.15, 0.2) is 0 Å². The molecule has 3 aliphatic carbocycles. The van der Waals surface area contributed by atoms with Crippen molar-refractivity contribution in [2.45, 2.75) is 61.2 Å². The molecule has 6 atom stereocenters. The van der Waals surface area contributed by atoms with Crippen molar-refractivity contribution in [2.24, 2.45) is 17.3 Å². The summed E-state index contributed by atoms with van der Waals surface area (Å²) in [6.07, 6.45) is 5.18. The number of phenolic OH excluding ortho intramolecular Hbond substituents is 1. The van der Waals surface area contributed by atoms with Crippen LogP contribution in [0.1, 0.15) is 49.7 Å². The third kappa shape index (κ3) is 4.02. The van der Waals surface area contributed by atoms with Crippen LogP contribution in [-0.2, 0) is 6.42 Å². The van der Waals surface area contributed by atoms with Gasteiger partial charge in [-0.15, -0.1) is 11.8 Å². The number of hydrogen-bond acceptors (Lipinski definition) is 3. The van der Waals surface area contributed by atoms with E-state index < -0.39 is 0 Å². The summed E-state index contributed by atoms with van der Waals surface area (Å²) in [5.41, 5.74) is 2.82. The molecule has 5 rings (SSSR count). The molecule has 0 amide bonds. The predicted octanol–water partition coefficient (Wildman–Crippen LogP) is 6.14. The first-order valence-corrected chi connectivity index (χ1v) is 12.0. The molecule has 0 aromatic heterocycles. The smallest absolute Gasteiger partial charge is 0.115 e. The first-order valence-electron chi connectivity index (χ1n) is 10.4. The van der Waals surface area contributed by atoms with Crippen molar-refractivity contribution in [1.82, 2.24) is 0 Å². The number of aliphatic hydroxyl groups excluding tert-OH is 1. The van der Waals surface area contributed by atoms with Gasteiger partial charge in [0.1, 0.15) is 5.75 Å². The van der Waals surface area contributed by atoms with Gasteiger partial charge in [0.2, 0.25) is 0 Å². The fourth-order valence-corrected chi connectivity index (χ4v) is 8.05. The van der Waals surface area contributed by atoms with Crippen LogP contribution in [0.4, 0.5) is 0 Å². The molecule has 2 nitrogen and oxygen atoms in total. The normalized spacial score (nSPS) is 35.2. The molecule has 0 spiro atoms. The Morgan fingerprint density at radius 3 is 2.59 bits per heavy atom. The number of phenols is 1. The molecule has 0 aliphatic heterocycles. The number of halogens is 1. The van der Waals surface area contributed by atoms with E-state index in [0.29, 0.717) is 28.8 Å². The molecule has 29 heavy (non-hydrogen) atoms. The van der Waals surface area contributed by atoms with Crippen LogP contribution in [0.25, 0.3) is 0 Å². The van der Waals surface area contributed by atoms with Crippen LogP contribution >= 0.6 is 27.7 Å². The Balaban J connectivity index is 0.00000205.